The highest BCUT2D eigenvalue weighted by molar-refractivity contribution is 6.30. The molecule has 0 saturated heterocycles. The number of halogens is 4. The van der Waals surface area contributed by atoms with Crippen LogP contribution in [-0.4, -0.2) is 35.3 Å². The van der Waals surface area contributed by atoms with E-state index in [1.807, 2.05) is 0 Å². The van der Waals surface area contributed by atoms with E-state index in [2.05, 4.69) is 14.9 Å². The van der Waals surface area contributed by atoms with Crippen LogP contribution < -0.4 is 0 Å². The zero-order valence-electron chi connectivity index (χ0n) is 8.67. The molecule has 0 unspecified atom stereocenters. The average molecular weight is 260 g/mol. The zero-order valence-corrected chi connectivity index (χ0v) is 9.43. The quantitative estimate of drug-likeness (QED) is 0.314. The number of nitrogens with zero attached hydrogens (tertiary/aromatic N) is 3. The molecular weight excluding hydrogens is 251 g/mol. The number of hydrogen-bond acceptors (Lipinski definition) is 4. The van der Waals surface area contributed by atoms with Crippen LogP contribution >= 0.6 is 11.8 Å². The maximum Gasteiger partial charge on any atom is 0.453 e. The summed E-state index contributed by atoms with van der Waals surface area (Å²) in [4.78, 5) is 10.8. The fourth-order valence-electron chi connectivity index (χ4n) is 0.521. The smallest absolute Gasteiger partial charge is 0.452 e. The molecular formula is C7H9ClF3N3O2. The van der Waals surface area contributed by atoms with Gasteiger partial charge in [0.1, 0.15) is 0 Å². The lowest BCUT2D eigenvalue weighted by Crippen LogP contribution is -2.39. The third-order valence-electron chi connectivity index (χ3n) is 1.12. The van der Waals surface area contributed by atoms with E-state index in [-0.39, 0.29) is 10.1 Å². The summed E-state index contributed by atoms with van der Waals surface area (Å²) in [5.74, 6) is -1.66. The highest BCUT2D eigenvalue weighted by Gasteiger charge is 2.43. The summed E-state index contributed by atoms with van der Waals surface area (Å²) in [6.07, 6.45) is -6.31. The molecule has 0 rings (SSSR count). The van der Waals surface area contributed by atoms with Gasteiger partial charge in [-0.05, 0) is 13.8 Å². The lowest BCUT2D eigenvalue weighted by atomic mass is 10.5. The first-order valence-electron chi connectivity index (χ1n) is 3.90. The van der Waals surface area contributed by atoms with Gasteiger partial charge in [-0.2, -0.15) is 22.7 Å². The van der Waals surface area contributed by atoms with Crippen LogP contribution in [0.4, 0.5) is 18.0 Å². The fourth-order valence-corrected chi connectivity index (χ4v) is 0.720. The second-order valence-corrected chi connectivity index (χ2v) is 3.06. The van der Waals surface area contributed by atoms with Crippen LogP contribution in [0, 0.1) is 0 Å². The Kier molecular flexibility index (Phi) is 5.22. The Hall–Kier alpha value is -1.31. The number of amides is 1. The molecule has 0 aromatic heterocycles. The van der Waals surface area contributed by atoms with Gasteiger partial charge in [-0.3, -0.25) is 0 Å². The molecule has 0 N–H and O–H groups in total. The van der Waals surface area contributed by atoms with Crippen LogP contribution in [0.15, 0.2) is 10.2 Å². The van der Waals surface area contributed by atoms with Gasteiger partial charge in [-0.1, -0.05) is 0 Å². The van der Waals surface area contributed by atoms with Gasteiger partial charge in [-0.15, -0.1) is 5.10 Å². The van der Waals surface area contributed by atoms with Gasteiger partial charge in [0.15, 0.2) is 0 Å². The Morgan fingerprint density at radius 1 is 1.31 bits per heavy atom. The number of carbonyl (C=O) groups excluding carboxylic acids is 1. The first kappa shape index (κ1) is 14.7. The normalized spacial score (nSPS) is 12.1. The topological polar surface area (TPSA) is 54.3 Å². The Bertz CT molecular complexity index is 323. The van der Waals surface area contributed by atoms with E-state index in [0.717, 1.165) is 7.11 Å². The van der Waals surface area contributed by atoms with E-state index < -0.39 is 18.1 Å². The molecule has 0 radical (unpaired) electrons. The van der Waals surface area contributed by atoms with Gasteiger partial charge < -0.3 is 4.74 Å². The molecule has 0 aliphatic carbocycles. The van der Waals surface area contributed by atoms with Crippen molar-refractivity contribution in [3.63, 3.8) is 0 Å². The van der Waals surface area contributed by atoms with Crippen molar-refractivity contribution in [1.29, 1.82) is 0 Å². The van der Waals surface area contributed by atoms with Crippen molar-refractivity contribution in [2.45, 2.75) is 20.0 Å². The van der Waals surface area contributed by atoms with Gasteiger partial charge in [-0.25, -0.2) is 4.79 Å². The predicted octanol–water partition coefficient (Wildman–Crippen LogP) is 2.57. The van der Waals surface area contributed by atoms with E-state index in [4.69, 9.17) is 11.8 Å². The number of amidine groups is 1. The number of carbonyl (C=O) groups is 1. The number of hydrogen-bond donors (Lipinski definition) is 0. The molecule has 0 fully saturated rings. The monoisotopic (exact) mass is 259 g/mol. The molecule has 0 aliphatic rings. The molecule has 0 aliphatic heterocycles. The molecule has 0 heterocycles. The molecule has 92 valence electrons. The number of methoxy groups -OCH3 is 1. The molecule has 5 nitrogen and oxygen atoms in total. The minimum Gasteiger partial charge on any atom is -0.452 e. The van der Waals surface area contributed by atoms with Gasteiger partial charge >= 0.3 is 12.3 Å². The minimum absolute atomic E-state index is 0.275. The van der Waals surface area contributed by atoms with E-state index in [9.17, 15) is 18.0 Å². The van der Waals surface area contributed by atoms with Crippen molar-refractivity contribution in [2.75, 3.05) is 7.11 Å². The minimum atomic E-state index is -4.91. The summed E-state index contributed by atoms with van der Waals surface area (Å²) in [6, 6.07) is 0. The number of ether oxygens (including phenoxy) is 1. The van der Waals surface area contributed by atoms with Crippen molar-refractivity contribution >= 4 is 29.4 Å². The standard InChI is InChI=1S/C7H9ClF3N3O2/c1-4(2)12-13-5(7(9,10)11)14(8)6(15)16-3/h1-3H3/b13-5-. The van der Waals surface area contributed by atoms with Gasteiger partial charge in [0.2, 0.25) is 0 Å². The van der Waals surface area contributed by atoms with Crippen molar-refractivity contribution in [3.8, 4) is 0 Å². The molecule has 9 heteroatoms. The van der Waals surface area contributed by atoms with Crippen LogP contribution in [-0.2, 0) is 4.74 Å². The molecule has 16 heavy (non-hydrogen) atoms. The maximum atomic E-state index is 12.4. The van der Waals surface area contributed by atoms with Crippen LogP contribution in [0.1, 0.15) is 13.8 Å². The second kappa shape index (κ2) is 5.69. The van der Waals surface area contributed by atoms with E-state index in [1.54, 1.807) is 0 Å². The second-order valence-electron chi connectivity index (χ2n) is 2.72. The fraction of sp³-hybridized carbons (Fsp3) is 0.571. The first-order chi connectivity index (χ1) is 7.20. The largest absolute Gasteiger partial charge is 0.453 e. The Labute approximate surface area is 94.6 Å². The predicted molar refractivity (Wildman–Crippen MR) is 52.4 cm³/mol. The molecule has 1 amide bonds. The number of alkyl halides is 3. The lowest BCUT2D eigenvalue weighted by Gasteiger charge is -2.15. The van der Waals surface area contributed by atoms with Gasteiger partial charge in [0.25, 0.3) is 5.84 Å². The van der Waals surface area contributed by atoms with Crippen molar-refractivity contribution < 1.29 is 22.7 Å². The van der Waals surface area contributed by atoms with Crippen molar-refractivity contribution in [3.05, 3.63) is 0 Å². The van der Waals surface area contributed by atoms with Crippen LogP contribution in [0.3, 0.4) is 0 Å². The summed E-state index contributed by atoms with van der Waals surface area (Å²) in [7, 11) is 0.889. The summed E-state index contributed by atoms with van der Waals surface area (Å²) >= 11 is 5.10. The first-order valence-corrected chi connectivity index (χ1v) is 4.23. The van der Waals surface area contributed by atoms with Crippen LogP contribution in [0.25, 0.3) is 0 Å². The highest BCUT2D eigenvalue weighted by atomic mass is 35.5. The maximum absolute atomic E-state index is 12.4. The third kappa shape index (κ3) is 4.47. The number of rotatable bonds is 1. The Balaban J connectivity index is 5.19. The molecule has 0 spiro atoms. The summed E-state index contributed by atoms with van der Waals surface area (Å²) in [5, 5.41) is 6.02. The van der Waals surface area contributed by atoms with E-state index >= 15 is 0 Å². The van der Waals surface area contributed by atoms with Gasteiger partial charge in [0.05, 0.1) is 7.11 Å². The zero-order chi connectivity index (χ0) is 12.9. The van der Waals surface area contributed by atoms with Crippen molar-refractivity contribution in [2.24, 2.45) is 10.2 Å². The highest BCUT2D eigenvalue weighted by Crippen LogP contribution is 2.22. The third-order valence-corrected chi connectivity index (χ3v) is 1.42. The summed E-state index contributed by atoms with van der Waals surface area (Å²) in [6.45, 7) is 2.88. The molecule has 0 atom stereocenters. The van der Waals surface area contributed by atoms with E-state index in [0.29, 0.717) is 0 Å². The van der Waals surface area contributed by atoms with Crippen molar-refractivity contribution in [1.82, 2.24) is 4.42 Å². The van der Waals surface area contributed by atoms with E-state index in [1.165, 1.54) is 13.8 Å². The SMILES string of the molecule is COC(=O)N(Cl)/C(=N\N=C(C)C)C(F)(F)F. The summed E-state index contributed by atoms with van der Waals surface area (Å²) in [5.41, 5.74) is 0.275. The van der Waals surface area contributed by atoms with Crippen LogP contribution in [0.2, 0.25) is 0 Å². The van der Waals surface area contributed by atoms with Crippen LogP contribution in [0.5, 0.6) is 0 Å². The average Bonchev–Trinajstić information content (AvgIpc) is 2.13. The summed E-state index contributed by atoms with van der Waals surface area (Å²) < 4.78 is 40.9. The Morgan fingerprint density at radius 3 is 2.12 bits per heavy atom. The molecule has 0 aromatic rings. The van der Waals surface area contributed by atoms with Gasteiger partial charge in [0, 0.05) is 17.5 Å². The lowest BCUT2D eigenvalue weighted by molar-refractivity contribution is -0.0652. The molecule has 0 aromatic carbocycles. The molecule has 0 bridgehead atoms. The Morgan fingerprint density at radius 2 is 1.81 bits per heavy atom. The molecule has 0 saturated carbocycles.